The Labute approximate surface area is 195 Å². The maximum Gasteiger partial charge on any atom is 0.573 e. The lowest BCUT2D eigenvalue weighted by atomic mass is 10.1. The zero-order valence-electron chi connectivity index (χ0n) is 16.4. The number of rotatable bonds is 4. The maximum absolute atomic E-state index is 13.0. The van der Waals surface area contributed by atoms with Gasteiger partial charge in [-0.15, -0.1) is 13.2 Å². The van der Waals surface area contributed by atoms with Crippen LogP contribution in [-0.2, 0) is 9.59 Å². The summed E-state index contributed by atoms with van der Waals surface area (Å²) in [7, 11) is 0. The average molecular weight is 493 g/mol. The zero-order valence-corrected chi connectivity index (χ0v) is 17.9. The van der Waals surface area contributed by atoms with E-state index in [1.807, 2.05) is 0 Å². The lowest BCUT2D eigenvalue weighted by Gasteiger charge is -2.28. The molecule has 1 aliphatic rings. The number of benzene rings is 2. The third-order valence-electron chi connectivity index (χ3n) is 4.48. The van der Waals surface area contributed by atoms with Crippen LogP contribution in [-0.4, -0.2) is 23.3 Å². The van der Waals surface area contributed by atoms with Crippen LogP contribution in [0.5, 0.6) is 5.75 Å². The molecular weight excluding hydrogens is 481 g/mol. The summed E-state index contributed by atoms with van der Waals surface area (Å²) in [6.07, 6.45) is -3.71. The van der Waals surface area contributed by atoms with Crippen molar-refractivity contribution in [2.45, 2.75) is 6.36 Å². The summed E-state index contributed by atoms with van der Waals surface area (Å²) in [6.45, 7) is 0. The number of hydrogen-bond acceptors (Lipinski definition) is 5. The molecule has 1 aliphatic heterocycles. The number of halogens is 4. The van der Waals surface area contributed by atoms with Gasteiger partial charge in [-0.3, -0.25) is 19.8 Å². The quantitative estimate of drug-likeness (QED) is 0.303. The Morgan fingerprint density at radius 1 is 1.03 bits per heavy atom. The van der Waals surface area contributed by atoms with Crippen molar-refractivity contribution in [1.82, 2.24) is 5.32 Å². The summed E-state index contributed by atoms with van der Waals surface area (Å²) in [5.74, 6) is -1.78. The van der Waals surface area contributed by atoms with E-state index in [4.69, 9.17) is 28.2 Å². The molecule has 1 N–H and O–H groups in total. The van der Waals surface area contributed by atoms with Crippen molar-refractivity contribution in [3.05, 3.63) is 77.0 Å². The molecule has 0 aliphatic carbocycles. The van der Waals surface area contributed by atoms with Crippen molar-refractivity contribution >= 4 is 52.5 Å². The molecule has 0 spiro atoms. The van der Waals surface area contributed by atoms with Crippen LogP contribution in [0.3, 0.4) is 0 Å². The number of alkyl halides is 3. The summed E-state index contributed by atoms with van der Waals surface area (Å²) in [4.78, 5) is 26.5. The van der Waals surface area contributed by atoms with Crippen LogP contribution in [0.1, 0.15) is 5.76 Å². The van der Waals surface area contributed by atoms with Crippen molar-refractivity contribution in [3.63, 3.8) is 0 Å². The third kappa shape index (κ3) is 4.91. The van der Waals surface area contributed by atoms with E-state index in [1.54, 1.807) is 24.3 Å². The molecule has 33 heavy (non-hydrogen) atoms. The average Bonchev–Trinajstić information content (AvgIpc) is 3.20. The number of nitrogens with one attached hydrogen (secondary N) is 1. The lowest BCUT2D eigenvalue weighted by molar-refractivity contribution is -0.274. The first-order valence-corrected chi connectivity index (χ1v) is 10.0. The Morgan fingerprint density at radius 2 is 1.73 bits per heavy atom. The highest BCUT2D eigenvalue weighted by atomic mass is 35.5. The second kappa shape index (κ2) is 8.72. The van der Waals surface area contributed by atoms with E-state index < -0.39 is 23.9 Å². The number of hydrogen-bond donors (Lipinski definition) is 1. The van der Waals surface area contributed by atoms with E-state index in [9.17, 15) is 22.8 Å². The van der Waals surface area contributed by atoms with Gasteiger partial charge in [-0.2, -0.15) is 0 Å². The molecule has 6 nitrogen and oxygen atoms in total. The Bertz CT molecular complexity index is 1290. The normalized spacial score (nSPS) is 15.7. The van der Waals surface area contributed by atoms with E-state index in [1.165, 1.54) is 36.4 Å². The largest absolute Gasteiger partial charge is 0.573 e. The fourth-order valence-electron chi connectivity index (χ4n) is 3.08. The fourth-order valence-corrected chi connectivity index (χ4v) is 3.49. The van der Waals surface area contributed by atoms with Gasteiger partial charge in [-0.1, -0.05) is 23.7 Å². The van der Waals surface area contributed by atoms with Gasteiger partial charge in [0.25, 0.3) is 11.8 Å². The van der Waals surface area contributed by atoms with Gasteiger partial charge >= 0.3 is 6.36 Å². The molecule has 3 aromatic rings. The predicted molar refractivity (Wildman–Crippen MR) is 118 cm³/mol. The molecule has 0 unspecified atom stereocenters. The minimum absolute atomic E-state index is 0.0443. The maximum atomic E-state index is 13.0. The molecule has 4 rings (SSSR count). The highest BCUT2D eigenvalue weighted by molar-refractivity contribution is 7.80. The molecule has 0 radical (unpaired) electrons. The fraction of sp³-hybridized carbons (Fsp3) is 0.0455. The molecule has 0 atom stereocenters. The number of amides is 2. The molecule has 1 fully saturated rings. The SMILES string of the molecule is O=C1NC(=S)N(c2ccc(Cl)cc2)C(=O)/C1=C/c1ccc(-c2ccccc2OC(F)(F)F)o1. The summed E-state index contributed by atoms with van der Waals surface area (Å²) < 4.78 is 47.7. The Balaban J connectivity index is 1.66. The van der Waals surface area contributed by atoms with Crippen LogP contribution in [0.2, 0.25) is 5.02 Å². The number of carbonyl (C=O) groups is 2. The van der Waals surface area contributed by atoms with Crippen molar-refractivity contribution in [3.8, 4) is 17.1 Å². The second-order valence-electron chi connectivity index (χ2n) is 6.68. The van der Waals surface area contributed by atoms with Crippen LogP contribution in [0.15, 0.2) is 70.7 Å². The Hall–Kier alpha value is -3.63. The molecule has 168 valence electrons. The van der Waals surface area contributed by atoms with Gasteiger partial charge in [0.1, 0.15) is 22.8 Å². The molecule has 2 aromatic carbocycles. The minimum atomic E-state index is -4.89. The van der Waals surface area contributed by atoms with Gasteiger partial charge in [0.15, 0.2) is 5.11 Å². The van der Waals surface area contributed by atoms with Gasteiger partial charge < -0.3 is 9.15 Å². The first kappa shape index (κ1) is 22.6. The van der Waals surface area contributed by atoms with E-state index >= 15 is 0 Å². The Kier molecular flexibility index (Phi) is 5.96. The molecule has 0 bridgehead atoms. The van der Waals surface area contributed by atoms with Crippen molar-refractivity contribution in [2.75, 3.05) is 4.90 Å². The number of furan rings is 1. The third-order valence-corrected chi connectivity index (χ3v) is 5.01. The molecule has 11 heteroatoms. The number of para-hydroxylation sites is 1. The summed E-state index contributed by atoms with van der Waals surface area (Å²) in [6, 6.07) is 14.5. The monoisotopic (exact) mass is 492 g/mol. The van der Waals surface area contributed by atoms with Crippen molar-refractivity contribution in [1.29, 1.82) is 0 Å². The predicted octanol–water partition coefficient (Wildman–Crippen LogP) is 5.33. The van der Waals surface area contributed by atoms with E-state index in [0.29, 0.717) is 10.7 Å². The molecular formula is C22H12ClF3N2O4S. The van der Waals surface area contributed by atoms with Crippen LogP contribution in [0, 0.1) is 0 Å². The zero-order chi connectivity index (χ0) is 23.8. The van der Waals surface area contributed by atoms with Crippen molar-refractivity contribution < 1.29 is 31.9 Å². The number of anilines is 1. The molecule has 0 saturated carbocycles. The van der Waals surface area contributed by atoms with Gasteiger partial charge in [0.05, 0.1) is 11.3 Å². The lowest BCUT2D eigenvalue weighted by Crippen LogP contribution is -2.54. The standard InChI is InChI=1S/C22H12ClF3N2O4S/c23-12-5-7-13(8-6-12)28-20(30)16(19(29)27-21(28)33)11-14-9-10-17(31-14)15-3-1-2-4-18(15)32-22(24,25)26/h1-11H,(H,27,29,33)/b16-11+. The molecule has 2 heterocycles. The van der Waals surface area contributed by atoms with Gasteiger partial charge in [-0.05, 0) is 66.8 Å². The molecule has 1 saturated heterocycles. The number of ether oxygens (including phenoxy) is 1. The minimum Gasteiger partial charge on any atom is -0.457 e. The molecule has 2 amide bonds. The second-order valence-corrected chi connectivity index (χ2v) is 7.50. The first-order chi connectivity index (χ1) is 15.6. The van der Waals surface area contributed by atoms with Crippen LogP contribution in [0.25, 0.3) is 17.4 Å². The van der Waals surface area contributed by atoms with Crippen LogP contribution < -0.4 is 15.0 Å². The number of carbonyl (C=O) groups excluding carboxylic acids is 2. The van der Waals surface area contributed by atoms with Crippen LogP contribution >= 0.6 is 23.8 Å². The highest BCUT2D eigenvalue weighted by Gasteiger charge is 2.35. The summed E-state index contributed by atoms with van der Waals surface area (Å²) in [5.41, 5.74) is 0.154. The Morgan fingerprint density at radius 3 is 2.42 bits per heavy atom. The topological polar surface area (TPSA) is 71.8 Å². The summed E-state index contributed by atoms with van der Waals surface area (Å²) in [5, 5.41) is 2.77. The first-order valence-electron chi connectivity index (χ1n) is 9.24. The van der Waals surface area contributed by atoms with Gasteiger partial charge in [0, 0.05) is 5.02 Å². The summed E-state index contributed by atoms with van der Waals surface area (Å²) >= 11 is 11.0. The molecule has 1 aromatic heterocycles. The van der Waals surface area contributed by atoms with Gasteiger partial charge in [-0.25, -0.2) is 0 Å². The number of thiocarbonyl (C=S) groups is 1. The van der Waals surface area contributed by atoms with E-state index in [2.05, 4.69) is 10.1 Å². The smallest absolute Gasteiger partial charge is 0.457 e. The van der Waals surface area contributed by atoms with E-state index in [-0.39, 0.29) is 27.8 Å². The van der Waals surface area contributed by atoms with E-state index in [0.717, 1.165) is 11.0 Å². The van der Waals surface area contributed by atoms with Crippen molar-refractivity contribution in [2.24, 2.45) is 0 Å². The van der Waals surface area contributed by atoms with Crippen LogP contribution in [0.4, 0.5) is 18.9 Å². The highest BCUT2D eigenvalue weighted by Crippen LogP contribution is 2.35. The van der Waals surface area contributed by atoms with Gasteiger partial charge in [0.2, 0.25) is 0 Å². The number of nitrogens with zero attached hydrogens (tertiary/aromatic N) is 1.